The van der Waals surface area contributed by atoms with Gasteiger partial charge >= 0.3 is 6.18 Å². The number of aromatic hydroxyl groups is 1. The molecule has 2 aromatic rings. The number of nitro groups is 1. The molecule has 2 rings (SSSR count). The second-order valence-electron chi connectivity index (χ2n) is 4.42. The standard InChI is InChI=1S/C13H8F3IN4O3/c14-13(15,16)8-1-2-11(18-6-8)20-19-5-7-3-9(21(23)24)4-10(17)12(7)22/h1-6,22H,(H,18,20)/b19-5-. The Balaban J connectivity index is 2.16. The van der Waals surface area contributed by atoms with Gasteiger partial charge < -0.3 is 5.11 Å². The van der Waals surface area contributed by atoms with E-state index in [0.717, 1.165) is 24.4 Å². The molecule has 24 heavy (non-hydrogen) atoms. The minimum atomic E-state index is -4.49. The van der Waals surface area contributed by atoms with Gasteiger partial charge in [0.15, 0.2) is 0 Å². The minimum absolute atomic E-state index is 0.0406. The largest absolute Gasteiger partial charge is 0.506 e. The Labute approximate surface area is 146 Å². The Morgan fingerprint density at radius 3 is 2.62 bits per heavy atom. The summed E-state index contributed by atoms with van der Waals surface area (Å²) in [4.78, 5) is 13.7. The van der Waals surface area contributed by atoms with E-state index < -0.39 is 16.7 Å². The fourth-order valence-electron chi connectivity index (χ4n) is 1.60. The highest BCUT2D eigenvalue weighted by atomic mass is 127. The maximum absolute atomic E-state index is 12.4. The molecule has 0 atom stereocenters. The topological polar surface area (TPSA) is 101 Å². The summed E-state index contributed by atoms with van der Waals surface area (Å²) in [7, 11) is 0. The first kappa shape index (κ1) is 17.9. The highest BCUT2D eigenvalue weighted by Crippen LogP contribution is 2.29. The van der Waals surface area contributed by atoms with Crippen LogP contribution < -0.4 is 5.43 Å². The van der Waals surface area contributed by atoms with Crippen molar-refractivity contribution in [3.05, 3.63) is 55.3 Å². The number of halogens is 4. The van der Waals surface area contributed by atoms with Gasteiger partial charge in [-0.3, -0.25) is 15.5 Å². The van der Waals surface area contributed by atoms with E-state index in [9.17, 15) is 28.4 Å². The number of non-ortho nitro benzene ring substituents is 1. The zero-order valence-electron chi connectivity index (χ0n) is 11.6. The van der Waals surface area contributed by atoms with Gasteiger partial charge in [0.1, 0.15) is 11.6 Å². The number of hydrogen-bond donors (Lipinski definition) is 2. The van der Waals surface area contributed by atoms with Crippen LogP contribution >= 0.6 is 22.6 Å². The van der Waals surface area contributed by atoms with Gasteiger partial charge in [0.2, 0.25) is 0 Å². The van der Waals surface area contributed by atoms with Crippen LogP contribution in [0.3, 0.4) is 0 Å². The Morgan fingerprint density at radius 2 is 2.08 bits per heavy atom. The van der Waals surface area contributed by atoms with Crippen LogP contribution in [0, 0.1) is 13.7 Å². The predicted molar refractivity (Wildman–Crippen MR) is 87.9 cm³/mol. The molecule has 1 aromatic carbocycles. The van der Waals surface area contributed by atoms with Crippen molar-refractivity contribution in [2.75, 3.05) is 5.43 Å². The van der Waals surface area contributed by atoms with Crippen LogP contribution in [0.5, 0.6) is 5.75 Å². The van der Waals surface area contributed by atoms with Crippen molar-refractivity contribution >= 4 is 40.3 Å². The van der Waals surface area contributed by atoms with Crippen LogP contribution in [-0.4, -0.2) is 21.2 Å². The first-order chi connectivity index (χ1) is 11.2. The van der Waals surface area contributed by atoms with Crippen molar-refractivity contribution < 1.29 is 23.2 Å². The van der Waals surface area contributed by atoms with E-state index in [1.165, 1.54) is 6.07 Å². The molecule has 126 valence electrons. The van der Waals surface area contributed by atoms with Crippen LogP contribution in [-0.2, 0) is 6.18 Å². The lowest BCUT2D eigenvalue weighted by molar-refractivity contribution is -0.385. The zero-order valence-corrected chi connectivity index (χ0v) is 13.7. The Morgan fingerprint density at radius 1 is 1.38 bits per heavy atom. The van der Waals surface area contributed by atoms with Crippen LogP contribution in [0.4, 0.5) is 24.7 Å². The number of nitro benzene ring substituents is 1. The van der Waals surface area contributed by atoms with E-state index in [2.05, 4.69) is 15.5 Å². The number of anilines is 1. The molecule has 0 radical (unpaired) electrons. The minimum Gasteiger partial charge on any atom is -0.506 e. The summed E-state index contributed by atoms with van der Waals surface area (Å²) in [6.45, 7) is 0. The molecule has 11 heteroatoms. The molecule has 1 heterocycles. The molecular weight excluding hydrogens is 444 g/mol. The summed E-state index contributed by atoms with van der Waals surface area (Å²) in [5, 5.41) is 24.3. The van der Waals surface area contributed by atoms with Crippen LogP contribution in [0.25, 0.3) is 0 Å². The smallest absolute Gasteiger partial charge is 0.417 e. The van der Waals surface area contributed by atoms with Crippen molar-refractivity contribution in [3.63, 3.8) is 0 Å². The lowest BCUT2D eigenvalue weighted by atomic mass is 10.2. The number of benzene rings is 1. The summed E-state index contributed by atoms with van der Waals surface area (Å²) < 4.78 is 37.5. The molecule has 2 N–H and O–H groups in total. The second kappa shape index (κ2) is 6.98. The van der Waals surface area contributed by atoms with Crippen LogP contribution in [0.1, 0.15) is 11.1 Å². The van der Waals surface area contributed by atoms with E-state index in [4.69, 9.17) is 0 Å². The molecular formula is C13H8F3IN4O3. The molecule has 0 spiro atoms. The summed E-state index contributed by atoms with van der Waals surface area (Å²) in [6.07, 6.45) is -2.74. The highest BCUT2D eigenvalue weighted by Gasteiger charge is 2.30. The first-order valence-electron chi connectivity index (χ1n) is 6.17. The van der Waals surface area contributed by atoms with Gasteiger partial charge in [-0.05, 0) is 34.7 Å². The molecule has 0 saturated carbocycles. The third kappa shape index (κ3) is 4.31. The van der Waals surface area contributed by atoms with Gasteiger partial charge in [-0.25, -0.2) is 4.98 Å². The molecule has 0 aliphatic rings. The third-order valence-corrected chi connectivity index (χ3v) is 3.58. The number of aromatic nitrogens is 1. The van der Waals surface area contributed by atoms with Crippen LogP contribution in [0.15, 0.2) is 35.6 Å². The Bertz CT molecular complexity index is 794. The average Bonchev–Trinajstić information content (AvgIpc) is 2.50. The molecule has 0 fully saturated rings. The first-order valence-corrected chi connectivity index (χ1v) is 7.25. The van der Waals surface area contributed by atoms with Crippen molar-refractivity contribution in [3.8, 4) is 5.75 Å². The van der Waals surface area contributed by atoms with Crippen LogP contribution in [0.2, 0.25) is 0 Å². The molecule has 0 amide bonds. The zero-order chi connectivity index (χ0) is 17.9. The van der Waals surface area contributed by atoms with Crippen molar-refractivity contribution in [1.29, 1.82) is 0 Å². The van der Waals surface area contributed by atoms with Gasteiger partial charge in [-0.2, -0.15) is 18.3 Å². The lowest BCUT2D eigenvalue weighted by Gasteiger charge is -2.06. The number of pyridine rings is 1. The summed E-state index contributed by atoms with van der Waals surface area (Å²) >= 11 is 1.73. The van der Waals surface area contributed by atoms with Gasteiger partial charge in [0, 0.05) is 23.9 Å². The number of nitrogens with one attached hydrogen (secondary N) is 1. The number of rotatable bonds is 4. The maximum Gasteiger partial charge on any atom is 0.417 e. The molecule has 0 saturated heterocycles. The van der Waals surface area contributed by atoms with E-state index in [1.807, 2.05) is 0 Å². The lowest BCUT2D eigenvalue weighted by Crippen LogP contribution is -2.05. The quantitative estimate of drug-likeness (QED) is 0.319. The molecule has 1 aromatic heterocycles. The van der Waals surface area contributed by atoms with E-state index in [-0.39, 0.29) is 26.4 Å². The fourth-order valence-corrected chi connectivity index (χ4v) is 2.24. The number of hydrogen-bond acceptors (Lipinski definition) is 6. The molecule has 0 bridgehead atoms. The molecule has 0 aliphatic carbocycles. The summed E-state index contributed by atoms with van der Waals surface area (Å²) in [6, 6.07) is 4.22. The number of alkyl halides is 3. The van der Waals surface area contributed by atoms with E-state index in [1.54, 1.807) is 22.6 Å². The van der Waals surface area contributed by atoms with Gasteiger partial charge in [0.25, 0.3) is 5.69 Å². The Hall–Kier alpha value is -2.44. The number of phenolic OH excluding ortho intramolecular Hbond substituents is 1. The number of hydrazone groups is 1. The van der Waals surface area contributed by atoms with Gasteiger partial charge in [0.05, 0.1) is 20.3 Å². The maximum atomic E-state index is 12.4. The van der Waals surface area contributed by atoms with E-state index in [0.29, 0.717) is 6.20 Å². The van der Waals surface area contributed by atoms with Crippen molar-refractivity contribution in [1.82, 2.24) is 4.98 Å². The molecule has 0 unspecified atom stereocenters. The molecule has 7 nitrogen and oxygen atoms in total. The van der Waals surface area contributed by atoms with Crippen molar-refractivity contribution in [2.45, 2.75) is 6.18 Å². The third-order valence-electron chi connectivity index (χ3n) is 2.76. The SMILES string of the molecule is O=[N+]([O-])c1cc(I)c(O)c(/C=N\Nc2ccc(C(F)(F)F)cn2)c1. The number of phenols is 1. The highest BCUT2D eigenvalue weighted by molar-refractivity contribution is 14.1. The average molecular weight is 452 g/mol. The summed E-state index contributed by atoms with van der Waals surface area (Å²) in [5.41, 5.74) is 1.32. The molecule has 0 aliphatic heterocycles. The van der Waals surface area contributed by atoms with E-state index >= 15 is 0 Å². The fraction of sp³-hybridized carbons (Fsp3) is 0.0769. The monoisotopic (exact) mass is 452 g/mol. The second-order valence-corrected chi connectivity index (χ2v) is 5.58. The van der Waals surface area contributed by atoms with Gasteiger partial charge in [-0.1, -0.05) is 0 Å². The van der Waals surface area contributed by atoms with Crippen molar-refractivity contribution in [2.24, 2.45) is 5.10 Å². The van der Waals surface area contributed by atoms with Gasteiger partial charge in [-0.15, -0.1) is 0 Å². The predicted octanol–water partition coefficient (Wildman–Crippen LogP) is 3.76. The summed E-state index contributed by atoms with van der Waals surface area (Å²) in [5.74, 6) is -0.161. The Kier molecular flexibility index (Phi) is 5.21. The normalized spacial score (nSPS) is 11.7. The number of nitrogens with zero attached hydrogens (tertiary/aromatic N) is 3.